The summed E-state index contributed by atoms with van der Waals surface area (Å²) in [5.41, 5.74) is 0.979. The zero-order valence-corrected chi connectivity index (χ0v) is 10.7. The minimum atomic E-state index is -1.12. The molecule has 0 heterocycles. The molecule has 5 nitrogen and oxygen atoms in total. The third-order valence-corrected chi connectivity index (χ3v) is 1.88. The molecule has 1 aromatic carbocycles. The van der Waals surface area contributed by atoms with Crippen LogP contribution in [-0.4, -0.2) is 24.2 Å². The quantitative estimate of drug-likeness (QED) is 0.501. The molecule has 0 atom stereocenters. The Labute approximate surface area is 111 Å². The minimum Gasteiger partial charge on any atom is -0.490 e. The second kappa shape index (κ2) is 9.47. The molecule has 0 aliphatic heterocycles. The molecule has 0 bridgehead atoms. The second-order valence-corrected chi connectivity index (χ2v) is 3.23. The molecule has 1 rings (SSSR count). The fourth-order valence-electron chi connectivity index (χ4n) is 0.875. The van der Waals surface area contributed by atoms with Gasteiger partial charge in [-0.1, -0.05) is 36.9 Å². The number of carbonyl (C=O) groups excluding carboxylic acids is 1. The predicted molar refractivity (Wildman–Crippen MR) is 70.2 cm³/mol. The average molecular weight is 264 g/mol. The van der Waals surface area contributed by atoms with E-state index in [9.17, 15) is 9.59 Å². The Hall–Kier alpha value is -2.56. The van der Waals surface area contributed by atoms with Gasteiger partial charge in [0.1, 0.15) is 6.61 Å². The van der Waals surface area contributed by atoms with Crippen molar-refractivity contribution in [3.8, 4) is 0 Å². The molecule has 0 amide bonds. The highest BCUT2D eigenvalue weighted by atomic mass is 16.5. The van der Waals surface area contributed by atoms with Crippen molar-refractivity contribution in [2.24, 2.45) is 0 Å². The summed E-state index contributed by atoms with van der Waals surface area (Å²) >= 11 is 0. The van der Waals surface area contributed by atoms with Gasteiger partial charge in [-0.05, 0) is 12.1 Å². The van der Waals surface area contributed by atoms with Crippen molar-refractivity contribution in [3.05, 3.63) is 60.9 Å². The summed E-state index contributed by atoms with van der Waals surface area (Å²) in [5.74, 6) is -1.75. The van der Waals surface area contributed by atoms with E-state index in [0.29, 0.717) is 6.61 Å². The van der Waals surface area contributed by atoms with Crippen molar-refractivity contribution in [2.75, 3.05) is 7.11 Å². The van der Waals surface area contributed by atoms with Crippen molar-refractivity contribution < 1.29 is 24.2 Å². The van der Waals surface area contributed by atoms with Crippen LogP contribution in [0.2, 0.25) is 0 Å². The molecule has 0 spiro atoms. The van der Waals surface area contributed by atoms with Crippen LogP contribution in [0.4, 0.5) is 0 Å². The molecule has 0 saturated heterocycles. The molecule has 0 saturated carbocycles. The van der Waals surface area contributed by atoms with Gasteiger partial charge in [0, 0.05) is 6.08 Å². The third kappa shape index (κ3) is 8.20. The standard InChI is InChI=1S/C10H10O2.C4H6O3/c1-2-10(11)12-8-9-6-4-3-5-7-9;1-3(7-2)4(5)6/h2-7H,1,8H2;1H2,2H3,(H,5,6). The maximum Gasteiger partial charge on any atom is 0.370 e. The first-order valence-electron chi connectivity index (χ1n) is 5.30. The Morgan fingerprint density at radius 1 is 1.32 bits per heavy atom. The summed E-state index contributed by atoms with van der Waals surface area (Å²) in [6.07, 6.45) is 1.16. The van der Waals surface area contributed by atoms with Crippen LogP contribution in [-0.2, 0) is 25.7 Å². The second-order valence-electron chi connectivity index (χ2n) is 3.23. The fraction of sp³-hybridized carbons (Fsp3) is 0.143. The summed E-state index contributed by atoms with van der Waals surface area (Å²) in [6.45, 7) is 6.66. The van der Waals surface area contributed by atoms with E-state index in [1.165, 1.54) is 7.11 Å². The summed E-state index contributed by atoms with van der Waals surface area (Å²) in [4.78, 5) is 20.4. The first-order chi connectivity index (χ1) is 9.01. The number of methoxy groups -OCH3 is 1. The Morgan fingerprint density at radius 2 is 1.89 bits per heavy atom. The Balaban J connectivity index is 0.000000399. The first-order valence-corrected chi connectivity index (χ1v) is 5.30. The van der Waals surface area contributed by atoms with E-state index < -0.39 is 5.97 Å². The molecule has 0 aliphatic carbocycles. The number of carbonyl (C=O) groups is 2. The minimum absolute atomic E-state index is 0.236. The van der Waals surface area contributed by atoms with Gasteiger partial charge in [-0.25, -0.2) is 9.59 Å². The lowest BCUT2D eigenvalue weighted by molar-refractivity contribution is -0.139. The molecule has 19 heavy (non-hydrogen) atoms. The van der Waals surface area contributed by atoms with Crippen molar-refractivity contribution in [3.63, 3.8) is 0 Å². The smallest absolute Gasteiger partial charge is 0.370 e. The predicted octanol–water partition coefficient (Wildman–Crippen LogP) is 2.15. The van der Waals surface area contributed by atoms with Crippen LogP contribution in [0.3, 0.4) is 0 Å². The Morgan fingerprint density at radius 3 is 2.26 bits per heavy atom. The summed E-state index contributed by atoms with van der Waals surface area (Å²) in [6, 6.07) is 9.51. The van der Waals surface area contributed by atoms with Crippen molar-refractivity contribution in [1.29, 1.82) is 0 Å². The fourth-order valence-corrected chi connectivity index (χ4v) is 0.875. The molecule has 0 fully saturated rings. The van der Waals surface area contributed by atoms with Crippen LogP contribution in [0.1, 0.15) is 5.56 Å². The number of carboxylic acids is 1. The normalized spacial score (nSPS) is 8.47. The third-order valence-electron chi connectivity index (χ3n) is 1.88. The number of benzene rings is 1. The van der Waals surface area contributed by atoms with Gasteiger partial charge in [-0.3, -0.25) is 0 Å². The number of ether oxygens (including phenoxy) is 2. The van der Waals surface area contributed by atoms with Gasteiger partial charge in [0.25, 0.3) is 0 Å². The maximum absolute atomic E-state index is 10.6. The molecule has 1 N–H and O–H groups in total. The lowest BCUT2D eigenvalue weighted by Crippen LogP contribution is -1.99. The van der Waals surface area contributed by atoms with Gasteiger partial charge in [0.15, 0.2) is 5.76 Å². The highest BCUT2D eigenvalue weighted by Crippen LogP contribution is 2.00. The number of esters is 1. The van der Waals surface area contributed by atoms with Gasteiger partial charge in [-0.15, -0.1) is 0 Å². The van der Waals surface area contributed by atoms with E-state index >= 15 is 0 Å². The molecule has 0 unspecified atom stereocenters. The van der Waals surface area contributed by atoms with E-state index in [1.54, 1.807) is 0 Å². The van der Waals surface area contributed by atoms with E-state index in [2.05, 4.69) is 17.9 Å². The highest BCUT2D eigenvalue weighted by Gasteiger charge is 1.98. The number of hydrogen-bond acceptors (Lipinski definition) is 4. The van der Waals surface area contributed by atoms with Gasteiger partial charge in [0.05, 0.1) is 7.11 Å². The van der Waals surface area contributed by atoms with Crippen LogP contribution < -0.4 is 0 Å². The van der Waals surface area contributed by atoms with Crippen LogP contribution in [0, 0.1) is 0 Å². The number of carboxylic acid groups (broad SMARTS) is 1. The molecule has 0 radical (unpaired) electrons. The zero-order valence-electron chi connectivity index (χ0n) is 10.7. The van der Waals surface area contributed by atoms with Crippen molar-refractivity contribution in [2.45, 2.75) is 6.61 Å². The van der Waals surface area contributed by atoms with Gasteiger partial charge in [-0.2, -0.15) is 0 Å². The summed E-state index contributed by atoms with van der Waals surface area (Å²) in [7, 11) is 1.26. The van der Waals surface area contributed by atoms with Crippen molar-refractivity contribution >= 4 is 11.9 Å². The van der Waals surface area contributed by atoms with Crippen LogP contribution >= 0.6 is 0 Å². The van der Waals surface area contributed by atoms with Gasteiger partial charge < -0.3 is 14.6 Å². The summed E-state index contributed by atoms with van der Waals surface area (Å²) in [5, 5.41) is 7.96. The number of hydrogen-bond donors (Lipinski definition) is 1. The van der Waals surface area contributed by atoms with E-state index in [0.717, 1.165) is 11.6 Å². The zero-order chi connectivity index (χ0) is 14.7. The van der Waals surface area contributed by atoms with E-state index in [1.807, 2.05) is 30.3 Å². The largest absolute Gasteiger partial charge is 0.490 e. The lowest BCUT2D eigenvalue weighted by Gasteiger charge is -2.00. The topological polar surface area (TPSA) is 72.8 Å². The molecular weight excluding hydrogens is 248 g/mol. The van der Waals surface area contributed by atoms with Gasteiger partial charge >= 0.3 is 11.9 Å². The van der Waals surface area contributed by atoms with E-state index in [-0.39, 0.29) is 11.7 Å². The molecule has 0 aliphatic rings. The Bertz CT molecular complexity index is 436. The highest BCUT2D eigenvalue weighted by molar-refractivity contribution is 5.83. The first kappa shape index (κ1) is 16.4. The van der Waals surface area contributed by atoms with Crippen LogP contribution in [0.25, 0.3) is 0 Å². The molecule has 1 aromatic rings. The maximum atomic E-state index is 10.6. The van der Waals surface area contributed by atoms with Crippen LogP contribution in [0.5, 0.6) is 0 Å². The summed E-state index contributed by atoms with van der Waals surface area (Å²) < 4.78 is 9.04. The van der Waals surface area contributed by atoms with E-state index in [4.69, 9.17) is 9.84 Å². The lowest BCUT2D eigenvalue weighted by atomic mass is 10.2. The molecule has 0 aromatic heterocycles. The monoisotopic (exact) mass is 264 g/mol. The molecular formula is C14H16O5. The average Bonchev–Trinajstić information content (AvgIpc) is 2.45. The number of aliphatic carboxylic acids is 1. The Kier molecular flexibility index (Phi) is 8.19. The van der Waals surface area contributed by atoms with Crippen molar-refractivity contribution in [1.82, 2.24) is 0 Å². The molecule has 5 heteroatoms. The number of rotatable bonds is 5. The molecule has 102 valence electrons. The van der Waals surface area contributed by atoms with Crippen LogP contribution in [0.15, 0.2) is 55.3 Å². The SMILES string of the molecule is C=C(OC)C(=O)O.C=CC(=O)OCc1ccccc1. The van der Waals surface area contributed by atoms with Gasteiger partial charge in [0.2, 0.25) is 0 Å².